The van der Waals surface area contributed by atoms with Crippen molar-refractivity contribution in [1.29, 1.82) is 0 Å². The molecule has 1 aromatic carbocycles. The number of rotatable bonds is 6. The van der Waals surface area contributed by atoms with Crippen molar-refractivity contribution in [2.75, 3.05) is 13.2 Å². The number of benzene rings is 1. The molecule has 0 aliphatic rings. The minimum atomic E-state index is -0.242. The highest BCUT2D eigenvalue weighted by Gasteiger charge is 2.26. The third kappa shape index (κ3) is 3.22. The van der Waals surface area contributed by atoms with Crippen molar-refractivity contribution >= 4 is 16.7 Å². The van der Waals surface area contributed by atoms with Crippen LogP contribution in [0.1, 0.15) is 37.0 Å². The monoisotopic (exact) mass is 286 g/mol. The third-order valence-corrected chi connectivity index (χ3v) is 4.37. The van der Waals surface area contributed by atoms with Gasteiger partial charge in [-0.1, -0.05) is 38.1 Å². The van der Waals surface area contributed by atoms with E-state index in [0.717, 1.165) is 23.6 Å². The number of hydrogen-bond donors (Lipinski definition) is 2. The minimum Gasteiger partial charge on any atom is -0.396 e. The van der Waals surface area contributed by atoms with Gasteiger partial charge in [0.25, 0.3) is 5.91 Å². The maximum Gasteiger partial charge on any atom is 0.253 e. The summed E-state index contributed by atoms with van der Waals surface area (Å²) >= 11 is 0. The molecule has 0 radical (unpaired) electrons. The first-order valence-corrected chi connectivity index (χ1v) is 7.37. The SMILES string of the molecule is CCC(CC)(CO)CNC(=O)c1cncc2ccccc12. The van der Waals surface area contributed by atoms with E-state index in [1.807, 2.05) is 38.1 Å². The Morgan fingerprint density at radius 1 is 1.24 bits per heavy atom. The molecule has 0 saturated heterocycles. The van der Waals surface area contributed by atoms with E-state index < -0.39 is 0 Å². The van der Waals surface area contributed by atoms with Gasteiger partial charge in [0, 0.05) is 29.7 Å². The second kappa shape index (κ2) is 6.68. The maximum atomic E-state index is 12.4. The second-order valence-corrected chi connectivity index (χ2v) is 5.46. The van der Waals surface area contributed by atoms with E-state index in [-0.39, 0.29) is 17.9 Å². The van der Waals surface area contributed by atoms with Gasteiger partial charge in [-0.25, -0.2) is 0 Å². The molecular formula is C17H22N2O2. The number of aliphatic hydroxyl groups excluding tert-OH is 1. The molecular weight excluding hydrogens is 264 g/mol. The molecule has 0 aliphatic heterocycles. The zero-order valence-corrected chi connectivity index (χ0v) is 12.6. The van der Waals surface area contributed by atoms with Crippen molar-refractivity contribution < 1.29 is 9.90 Å². The Bertz CT molecular complexity index is 607. The van der Waals surface area contributed by atoms with Crippen LogP contribution in [0.5, 0.6) is 0 Å². The molecule has 2 rings (SSSR count). The fourth-order valence-corrected chi connectivity index (χ4v) is 2.44. The van der Waals surface area contributed by atoms with Crippen molar-refractivity contribution in [3.8, 4) is 0 Å². The molecule has 4 heteroatoms. The zero-order valence-electron chi connectivity index (χ0n) is 12.6. The molecule has 1 amide bonds. The summed E-state index contributed by atoms with van der Waals surface area (Å²) in [6.45, 7) is 4.61. The first-order valence-electron chi connectivity index (χ1n) is 7.37. The van der Waals surface area contributed by atoms with Crippen LogP contribution in [0.2, 0.25) is 0 Å². The highest BCUT2D eigenvalue weighted by Crippen LogP contribution is 2.25. The summed E-state index contributed by atoms with van der Waals surface area (Å²) in [7, 11) is 0. The van der Waals surface area contributed by atoms with Gasteiger partial charge < -0.3 is 10.4 Å². The van der Waals surface area contributed by atoms with E-state index >= 15 is 0 Å². The zero-order chi connectivity index (χ0) is 15.3. The van der Waals surface area contributed by atoms with E-state index in [4.69, 9.17) is 0 Å². The Morgan fingerprint density at radius 3 is 2.62 bits per heavy atom. The highest BCUT2D eigenvalue weighted by atomic mass is 16.3. The van der Waals surface area contributed by atoms with Crippen LogP contribution < -0.4 is 5.32 Å². The molecule has 1 aromatic heterocycles. The Kier molecular flexibility index (Phi) is 4.91. The normalized spacial score (nSPS) is 11.6. The van der Waals surface area contributed by atoms with Crippen molar-refractivity contribution in [2.45, 2.75) is 26.7 Å². The molecule has 2 aromatic rings. The van der Waals surface area contributed by atoms with Crippen molar-refractivity contribution in [3.05, 3.63) is 42.2 Å². The van der Waals surface area contributed by atoms with Crippen LogP contribution in [-0.4, -0.2) is 29.1 Å². The number of carbonyl (C=O) groups excluding carboxylic acids is 1. The quantitative estimate of drug-likeness (QED) is 0.858. The minimum absolute atomic E-state index is 0.0774. The summed E-state index contributed by atoms with van der Waals surface area (Å²) in [6.07, 6.45) is 5.00. The molecule has 21 heavy (non-hydrogen) atoms. The van der Waals surface area contributed by atoms with Gasteiger partial charge >= 0.3 is 0 Å². The van der Waals surface area contributed by atoms with E-state index in [1.54, 1.807) is 12.4 Å². The van der Waals surface area contributed by atoms with E-state index in [2.05, 4.69) is 10.3 Å². The van der Waals surface area contributed by atoms with Crippen molar-refractivity contribution in [3.63, 3.8) is 0 Å². The lowest BCUT2D eigenvalue weighted by atomic mass is 9.83. The lowest BCUT2D eigenvalue weighted by Gasteiger charge is -2.29. The van der Waals surface area contributed by atoms with Crippen LogP contribution in [0.3, 0.4) is 0 Å². The number of fused-ring (bicyclic) bond motifs is 1. The summed E-state index contributed by atoms with van der Waals surface area (Å²) in [6, 6.07) is 7.70. The van der Waals surface area contributed by atoms with Crippen LogP contribution >= 0.6 is 0 Å². The van der Waals surface area contributed by atoms with Crippen LogP contribution in [-0.2, 0) is 0 Å². The molecule has 1 heterocycles. The van der Waals surface area contributed by atoms with Crippen molar-refractivity contribution in [2.24, 2.45) is 5.41 Å². The molecule has 112 valence electrons. The van der Waals surface area contributed by atoms with Crippen molar-refractivity contribution in [1.82, 2.24) is 10.3 Å². The van der Waals surface area contributed by atoms with E-state index in [1.165, 1.54) is 0 Å². The Balaban J connectivity index is 2.20. The summed E-state index contributed by atoms with van der Waals surface area (Å²) in [5.41, 5.74) is 0.334. The van der Waals surface area contributed by atoms with Gasteiger partial charge in [-0.05, 0) is 18.2 Å². The number of amides is 1. The average Bonchev–Trinajstić information content (AvgIpc) is 2.56. The molecule has 0 unspecified atom stereocenters. The molecule has 2 N–H and O–H groups in total. The van der Waals surface area contributed by atoms with E-state index in [9.17, 15) is 9.90 Å². The number of pyridine rings is 1. The number of aliphatic hydroxyl groups is 1. The largest absolute Gasteiger partial charge is 0.396 e. The number of carbonyl (C=O) groups is 1. The van der Waals surface area contributed by atoms with Gasteiger partial charge in [-0.15, -0.1) is 0 Å². The molecule has 0 aliphatic carbocycles. The predicted octanol–water partition coefficient (Wildman–Crippen LogP) is 2.76. The Labute approximate surface area is 125 Å². The fraction of sp³-hybridized carbons (Fsp3) is 0.412. The number of hydrogen-bond acceptors (Lipinski definition) is 3. The number of nitrogens with one attached hydrogen (secondary N) is 1. The van der Waals surface area contributed by atoms with Crippen LogP contribution in [0, 0.1) is 5.41 Å². The van der Waals surface area contributed by atoms with Gasteiger partial charge in [0.2, 0.25) is 0 Å². The summed E-state index contributed by atoms with van der Waals surface area (Å²) in [4.78, 5) is 16.5. The van der Waals surface area contributed by atoms with Gasteiger partial charge in [0.05, 0.1) is 12.2 Å². The molecule has 0 spiro atoms. The molecule has 0 fully saturated rings. The topological polar surface area (TPSA) is 62.2 Å². The lowest BCUT2D eigenvalue weighted by molar-refractivity contribution is 0.0852. The van der Waals surface area contributed by atoms with Gasteiger partial charge in [-0.3, -0.25) is 9.78 Å². The summed E-state index contributed by atoms with van der Waals surface area (Å²) in [5.74, 6) is -0.140. The van der Waals surface area contributed by atoms with Crippen LogP contribution in [0.25, 0.3) is 10.8 Å². The fourth-order valence-electron chi connectivity index (χ4n) is 2.44. The third-order valence-electron chi connectivity index (χ3n) is 4.37. The highest BCUT2D eigenvalue weighted by molar-refractivity contribution is 6.06. The van der Waals surface area contributed by atoms with Gasteiger partial charge in [-0.2, -0.15) is 0 Å². The maximum absolute atomic E-state index is 12.4. The van der Waals surface area contributed by atoms with Crippen LogP contribution in [0.15, 0.2) is 36.7 Å². The van der Waals surface area contributed by atoms with Gasteiger partial charge in [0.1, 0.15) is 0 Å². The first-order chi connectivity index (χ1) is 10.2. The second-order valence-electron chi connectivity index (χ2n) is 5.46. The first kappa shape index (κ1) is 15.4. The van der Waals surface area contributed by atoms with E-state index in [0.29, 0.717) is 12.1 Å². The number of aromatic nitrogens is 1. The Hall–Kier alpha value is -1.94. The standard InChI is InChI=1S/C17H22N2O2/c1-3-17(4-2,12-20)11-19-16(21)15-10-18-9-13-7-5-6-8-14(13)15/h5-10,20H,3-4,11-12H2,1-2H3,(H,19,21). The number of nitrogens with zero attached hydrogens (tertiary/aromatic N) is 1. The predicted molar refractivity (Wildman–Crippen MR) is 84.2 cm³/mol. The smallest absolute Gasteiger partial charge is 0.253 e. The molecule has 0 atom stereocenters. The molecule has 0 bridgehead atoms. The van der Waals surface area contributed by atoms with Gasteiger partial charge in [0.15, 0.2) is 0 Å². The summed E-state index contributed by atoms with van der Waals surface area (Å²) in [5, 5.41) is 14.4. The van der Waals surface area contributed by atoms with Crippen LogP contribution in [0.4, 0.5) is 0 Å². The molecule has 4 nitrogen and oxygen atoms in total. The summed E-state index contributed by atoms with van der Waals surface area (Å²) < 4.78 is 0. The average molecular weight is 286 g/mol. The molecule has 0 saturated carbocycles. The Morgan fingerprint density at radius 2 is 1.95 bits per heavy atom. The lowest BCUT2D eigenvalue weighted by Crippen LogP contribution is -2.39.